The summed E-state index contributed by atoms with van der Waals surface area (Å²) < 4.78 is 25.3. The molecule has 2 heterocycles. The molecule has 0 bridgehead atoms. The molecule has 0 aromatic heterocycles. The van der Waals surface area contributed by atoms with Crippen LogP contribution in [0.25, 0.3) is 0 Å². The topological polar surface area (TPSA) is 36.9 Å². The highest BCUT2D eigenvalue weighted by Gasteiger charge is 2.56. The van der Waals surface area contributed by atoms with Crippen LogP contribution in [0, 0.1) is 0 Å². The van der Waals surface area contributed by atoms with Crippen LogP contribution in [0.3, 0.4) is 0 Å². The summed E-state index contributed by atoms with van der Waals surface area (Å²) in [5.41, 5.74) is -0.0744. The SMILES string of the molecule is CC1(C)OB(CC(Cc2ccccc2)B2OC(C)(C)C(C)(C)O2)OC1(C)C. The van der Waals surface area contributed by atoms with Gasteiger partial charge in [0.15, 0.2) is 0 Å². The van der Waals surface area contributed by atoms with E-state index in [9.17, 15) is 0 Å². The van der Waals surface area contributed by atoms with E-state index < -0.39 is 0 Å². The fourth-order valence-corrected chi connectivity index (χ4v) is 3.60. The normalized spacial score (nSPS) is 26.4. The third-order valence-electron chi connectivity index (χ3n) is 6.79. The van der Waals surface area contributed by atoms with Crippen molar-refractivity contribution in [3.05, 3.63) is 35.9 Å². The zero-order valence-corrected chi connectivity index (χ0v) is 18.2. The Bertz CT molecular complexity index is 625. The minimum Gasteiger partial charge on any atom is -0.403 e. The van der Waals surface area contributed by atoms with Crippen molar-refractivity contribution in [3.63, 3.8) is 0 Å². The molecule has 2 saturated heterocycles. The summed E-state index contributed by atoms with van der Waals surface area (Å²) in [7, 11) is -0.544. The molecule has 0 N–H and O–H groups in total. The van der Waals surface area contributed by atoms with Crippen molar-refractivity contribution in [1.82, 2.24) is 0 Å². The molecule has 2 aliphatic rings. The lowest BCUT2D eigenvalue weighted by Gasteiger charge is -2.32. The molecule has 1 aromatic rings. The van der Waals surface area contributed by atoms with E-state index >= 15 is 0 Å². The van der Waals surface area contributed by atoms with Crippen molar-refractivity contribution in [3.8, 4) is 0 Å². The first kappa shape index (κ1) is 20.9. The second-order valence-electron chi connectivity index (χ2n) is 10.00. The Morgan fingerprint density at radius 3 is 1.63 bits per heavy atom. The van der Waals surface area contributed by atoms with Gasteiger partial charge in [-0.25, -0.2) is 0 Å². The predicted octanol–water partition coefficient (Wildman–Crippen LogP) is 4.78. The Labute approximate surface area is 165 Å². The third kappa shape index (κ3) is 4.14. The Hall–Kier alpha value is -0.810. The monoisotopic (exact) mass is 372 g/mol. The molecule has 1 aromatic carbocycles. The van der Waals surface area contributed by atoms with E-state index in [4.69, 9.17) is 18.6 Å². The molecule has 2 fully saturated rings. The van der Waals surface area contributed by atoms with Crippen LogP contribution in [-0.2, 0) is 25.0 Å². The molecule has 0 saturated carbocycles. The van der Waals surface area contributed by atoms with Gasteiger partial charge < -0.3 is 18.6 Å². The Kier molecular flexibility index (Phi) is 5.35. The minimum absolute atomic E-state index is 0.142. The van der Waals surface area contributed by atoms with Gasteiger partial charge in [-0.1, -0.05) is 30.3 Å². The second-order valence-corrected chi connectivity index (χ2v) is 10.00. The first-order valence-corrected chi connectivity index (χ1v) is 10.1. The van der Waals surface area contributed by atoms with Crippen molar-refractivity contribution >= 4 is 14.2 Å². The Balaban J connectivity index is 1.79. The van der Waals surface area contributed by atoms with Crippen molar-refractivity contribution in [1.29, 1.82) is 0 Å². The van der Waals surface area contributed by atoms with Gasteiger partial charge in [0, 0.05) is 0 Å². The van der Waals surface area contributed by atoms with Crippen LogP contribution >= 0.6 is 0 Å². The number of rotatable bonds is 5. The van der Waals surface area contributed by atoms with Crippen molar-refractivity contribution < 1.29 is 18.6 Å². The van der Waals surface area contributed by atoms with Crippen molar-refractivity contribution in [2.24, 2.45) is 0 Å². The van der Waals surface area contributed by atoms with E-state index in [1.807, 2.05) is 6.07 Å². The van der Waals surface area contributed by atoms with Crippen LogP contribution < -0.4 is 0 Å². The maximum absolute atomic E-state index is 6.38. The first-order valence-electron chi connectivity index (χ1n) is 10.1. The van der Waals surface area contributed by atoms with Crippen molar-refractivity contribution in [2.45, 2.75) is 96.4 Å². The van der Waals surface area contributed by atoms with Gasteiger partial charge in [-0.15, -0.1) is 0 Å². The summed E-state index contributed by atoms with van der Waals surface area (Å²) >= 11 is 0. The molecule has 0 amide bonds. The molecule has 2 aliphatic heterocycles. The van der Waals surface area contributed by atoms with Crippen LogP contribution in [0.4, 0.5) is 0 Å². The van der Waals surface area contributed by atoms with Gasteiger partial charge in [-0.2, -0.15) is 0 Å². The summed E-state index contributed by atoms with van der Waals surface area (Å²) in [5.74, 6) is 0.142. The summed E-state index contributed by atoms with van der Waals surface area (Å²) in [5, 5.41) is 0. The van der Waals surface area contributed by atoms with Crippen LogP contribution in [-0.4, -0.2) is 36.6 Å². The van der Waals surface area contributed by atoms with E-state index in [2.05, 4.69) is 79.7 Å². The van der Waals surface area contributed by atoms with E-state index in [0.29, 0.717) is 0 Å². The molecule has 1 atom stereocenters. The van der Waals surface area contributed by atoms with Gasteiger partial charge in [0.05, 0.1) is 22.4 Å². The van der Waals surface area contributed by atoms with Crippen molar-refractivity contribution in [2.75, 3.05) is 0 Å². The van der Waals surface area contributed by atoms with Gasteiger partial charge in [-0.3, -0.25) is 0 Å². The minimum atomic E-state index is -0.345. The summed E-state index contributed by atoms with van der Waals surface area (Å²) in [6, 6.07) is 10.5. The lowest BCUT2D eigenvalue weighted by molar-refractivity contribution is 0.00578. The quantitative estimate of drug-likeness (QED) is 0.697. The average Bonchev–Trinajstić information content (AvgIpc) is 2.87. The first-order chi connectivity index (χ1) is 12.3. The molecular weight excluding hydrogens is 338 g/mol. The molecular formula is C21H34B2O4. The fourth-order valence-electron chi connectivity index (χ4n) is 3.60. The number of benzene rings is 1. The molecule has 3 rings (SSSR count). The molecule has 6 heteroatoms. The van der Waals surface area contributed by atoms with Gasteiger partial charge in [0.2, 0.25) is 0 Å². The molecule has 0 radical (unpaired) electrons. The number of hydrogen-bond donors (Lipinski definition) is 0. The van der Waals surface area contributed by atoms with Crippen LogP contribution in [0.15, 0.2) is 30.3 Å². The number of hydrogen-bond acceptors (Lipinski definition) is 4. The Morgan fingerprint density at radius 2 is 1.15 bits per heavy atom. The highest BCUT2D eigenvalue weighted by Crippen LogP contribution is 2.44. The predicted molar refractivity (Wildman–Crippen MR) is 111 cm³/mol. The molecule has 0 aliphatic carbocycles. The molecule has 0 spiro atoms. The highest BCUT2D eigenvalue weighted by atomic mass is 16.7. The van der Waals surface area contributed by atoms with E-state index in [0.717, 1.165) is 12.7 Å². The zero-order valence-electron chi connectivity index (χ0n) is 18.2. The van der Waals surface area contributed by atoms with Gasteiger partial charge in [0.1, 0.15) is 0 Å². The van der Waals surface area contributed by atoms with Crippen LogP contribution in [0.1, 0.15) is 61.0 Å². The maximum Gasteiger partial charge on any atom is 0.460 e. The smallest absolute Gasteiger partial charge is 0.403 e. The highest BCUT2D eigenvalue weighted by molar-refractivity contribution is 6.53. The van der Waals surface area contributed by atoms with E-state index in [1.54, 1.807) is 0 Å². The molecule has 1 unspecified atom stereocenters. The lowest BCUT2D eigenvalue weighted by Crippen LogP contribution is -2.41. The zero-order chi connectivity index (χ0) is 20.1. The fraction of sp³-hybridized carbons (Fsp3) is 0.714. The molecule has 4 nitrogen and oxygen atoms in total. The summed E-state index contributed by atoms with van der Waals surface area (Å²) in [4.78, 5) is 0. The van der Waals surface area contributed by atoms with Gasteiger partial charge in [0.25, 0.3) is 0 Å². The molecule has 27 heavy (non-hydrogen) atoms. The van der Waals surface area contributed by atoms with Crippen LogP contribution in [0.5, 0.6) is 0 Å². The van der Waals surface area contributed by atoms with Gasteiger partial charge in [-0.05, 0) is 79.5 Å². The average molecular weight is 372 g/mol. The molecule has 148 valence electrons. The lowest BCUT2D eigenvalue weighted by atomic mass is 9.59. The Morgan fingerprint density at radius 1 is 0.704 bits per heavy atom. The third-order valence-corrected chi connectivity index (χ3v) is 6.79. The summed E-state index contributed by atoms with van der Waals surface area (Å²) in [6.45, 7) is 16.8. The van der Waals surface area contributed by atoms with E-state index in [-0.39, 0.29) is 42.5 Å². The van der Waals surface area contributed by atoms with Gasteiger partial charge >= 0.3 is 14.2 Å². The largest absolute Gasteiger partial charge is 0.460 e. The maximum atomic E-state index is 6.38. The standard InChI is InChI=1S/C21H34B2O4/c1-18(2)19(3,4)25-22(24-18)15-17(14-16-12-10-9-11-13-16)23-26-20(5,6)21(7,8)27-23/h9-13,17H,14-15H2,1-8H3. The van der Waals surface area contributed by atoms with Crippen LogP contribution in [0.2, 0.25) is 12.1 Å². The van der Waals surface area contributed by atoms with E-state index in [1.165, 1.54) is 5.56 Å². The second kappa shape index (κ2) is 6.91. The summed E-state index contributed by atoms with van der Waals surface area (Å²) in [6.07, 6.45) is 1.60.